The standard InChI is InChI=1S/C16H12ClN3O3/c1-2-6-23-7-5-14(21)12(9-18)15-19-13-8-10(17)3-4-11(13)16(22)20-15/h1,3-4,8,12H,5-7H2,(H,19,20,22). The van der Waals surface area contributed by atoms with Gasteiger partial charge in [0.05, 0.1) is 23.6 Å². The first-order chi connectivity index (χ1) is 11.1. The Morgan fingerprint density at radius 1 is 1.52 bits per heavy atom. The molecule has 2 rings (SSSR count). The number of nitrogens with one attached hydrogen (secondary N) is 1. The van der Waals surface area contributed by atoms with E-state index >= 15 is 0 Å². The minimum atomic E-state index is -1.18. The number of nitriles is 1. The number of Topliss-reactive ketones (excluding diaryl/α,β-unsaturated/α-hetero) is 1. The summed E-state index contributed by atoms with van der Waals surface area (Å²) in [6.45, 7) is 0.193. The molecule has 0 aliphatic heterocycles. The van der Waals surface area contributed by atoms with Crippen LogP contribution in [0.25, 0.3) is 10.9 Å². The largest absolute Gasteiger partial charge is 0.368 e. The lowest BCUT2D eigenvalue weighted by Crippen LogP contribution is -2.20. The number of hydrogen-bond donors (Lipinski definition) is 1. The van der Waals surface area contributed by atoms with E-state index in [0.29, 0.717) is 15.9 Å². The molecule has 0 radical (unpaired) electrons. The molecule has 1 N–H and O–H groups in total. The first kappa shape index (κ1) is 16.7. The summed E-state index contributed by atoms with van der Waals surface area (Å²) in [6.07, 6.45) is 5.03. The predicted molar refractivity (Wildman–Crippen MR) is 85.0 cm³/mol. The third-order valence-electron chi connectivity index (χ3n) is 3.09. The minimum Gasteiger partial charge on any atom is -0.368 e. The Hall–Kier alpha value is -2.67. The maximum Gasteiger partial charge on any atom is 0.258 e. The Kier molecular flexibility index (Phi) is 5.48. The normalized spacial score (nSPS) is 11.6. The van der Waals surface area contributed by atoms with E-state index in [-0.39, 0.29) is 25.5 Å². The number of halogens is 1. The molecule has 6 nitrogen and oxygen atoms in total. The Morgan fingerprint density at radius 3 is 3.00 bits per heavy atom. The number of rotatable bonds is 6. The van der Waals surface area contributed by atoms with Gasteiger partial charge in [-0.25, -0.2) is 4.98 Å². The molecular formula is C16H12ClN3O3. The van der Waals surface area contributed by atoms with E-state index < -0.39 is 17.3 Å². The second-order valence-electron chi connectivity index (χ2n) is 4.65. The van der Waals surface area contributed by atoms with E-state index in [1.807, 2.05) is 6.07 Å². The highest BCUT2D eigenvalue weighted by Gasteiger charge is 2.23. The number of fused-ring (bicyclic) bond motifs is 1. The fourth-order valence-electron chi connectivity index (χ4n) is 2.00. The summed E-state index contributed by atoms with van der Waals surface area (Å²) in [7, 11) is 0. The van der Waals surface area contributed by atoms with Gasteiger partial charge in [0.2, 0.25) is 0 Å². The zero-order chi connectivity index (χ0) is 16.8. The first-order valence-electron chi connectivity index (χ1n) is 6.70. The molecule has 2 aromatic rings. The van der Waals surface area contributed by atoms with Crippen LogP contribution in [0.1, 0.15) is 18.2 Å². The highest BCUT2D eigenvalue weighted by molar-refractivity contribution is 6.31. The molecule has 7 heteroatoms. The zero-order valence-electron chi connectivity index (χ0n) is 12.0. The Morgan fingerprint density at radius 2 is 2.30 bits per heavy atom. The summed E-state index contributed by atoms with van der Waals surface area (Å²) in [5, 5.41) is 9.98. The van der Waals surface area contributed by atoms with Crippen molar-refractivity contribution in [3.05, 3.63) is 39.4 Å². The molecule has 1 aromatic heterocycles. The van der Waals surface area contributed by atoms with Crippen molar-refractivity contribution in [3.8, 4) is 18.4 Å². The van der Waals surface area contributed by atoms with Crippen molar-refractivity contribution in [3.63, 3.8) is 0 Å². The fourth-order valence-corrected chi connectivity index (χ4v) is 2.17. The molecule has 0 bridgehead atoms. The van der Waals surface area contributed by atoms with Gasteiger partial charge in [0, 0.05) is 11.4 Å². The number of aromatic nitrogens is 2. The van der Waals surface area contributed by atoms with E-state index in [1.165, 1.54) is 12.1 Å². The third-order valence-corrected chi connectivity index (χ3v) is 3.32. The number of H-pyrrole nitrogens is 1. The number of aromatic amines is 1. The molecule has 0 saturated carbocycles. The lowest BCUT2D eigenvalue weighted by atomic mass is 10.0. The van der Waals surface area contributed by atoms with E-state index in [4.69, 9.17) is 22.8 Å². The van der Waals surface area contributed by atoms with Crippen LogP contribution >= 0.6 is 11.6 Å². The molecule has 0 aliphatic rings. The second-order valence-corrected chi connectivity index (χ2v) is 5.08. The molecule has 23 heavy (non-hydrogen) atoms. The molecule has 1 atom stereocenters. The molecule has 1 aromatic carbocycles. The van der Waals surface area contributed by atoms with Crippen LogP contribution in [0.3, 0.4) is 0 Å². The Labute approximate surface area is 137 Å². The molecule has 116 valence electrons. The number of hydrogen-bond acceptors (Lipinski definition) is 5. The van der Waals surface area contributed by atoms with Crippen molar-refractivity contribution in [2.75, 3.05) is 13.2 Å². The summed E-state index contributed by atoms with van der Waals surface area (Å²) >= 11 is 5.88. The summed E-state index contributed by atoms with van der Waals surface area (Å²) in [4.78, 5) is 30.8. The van der Waals surface area contributed by atoms with Crippen LogP contribution in [0.15, 0.2) is 23.0 Å². The van der Waals surface area contributed by atoms with Crippen LogP contribution in [0.5, 0.6) is 0 Å². The van der Waals surface area contributed by atoms with Gasteiger partial charge in [-0.2, -0.15) is 5.26 Å². The maximum atomic E-state index is 12.1. The van der Waals surface area contributed by atoms with Gasteiger partial charge in [0.1, 0.15) is 12.4 Å². The van der Waals surface area contributed by atoms with Gasteiger partial charge in [-0.05, 0) is 18.2 Å². The molecule has 1 heterocycles. The monoisotopic (exact) mass is 329 g/mol. The lowest BCUT2D eigenvalue weighted by molar-refractivity contribution is -0.120. The number of terminal acetylenes is 1. The van der Waals surface area contributed by atoms with Gasteiger partial charge in [-0.1, -0.05) is 17.5 Å². The average Bonchev–Trinajstić information content (AvgIpc) is 2.52. The van der Waals surface area contributed by atoms with Crippen molar-refractivity contribution in [2.45, 2.75) is 12.3 Å². The number of ketones is 1. The van der Waals surface area contributed by atoms with Crippen LogP contribution in [-0.4, -0.2) is 29.0 Å². The molecule has 0 aliphatic carbocycles. The highest BCUT2D eigenvalue weighted by Crippen LogP contribution is 2.18. The Bertz CT molecular complexity index is 877. The van der Waals surface area contributed by atoms with E-state index in [1.54, 1.807) is 6.07 Å². The van der Waals surface area contributed by atoms with Gasteiger partial charge in [-0.15, -0.1) is 6.42 Å². The van der Waals surface area contributed by atoms with Gasteiger partial charge >= 0.3 is 0 Å². The molecule has 1 unspecified atom stereocenters. The maximum absolute atomic E-state index is 12.1. The topological polar surface area (TPSA) is 95.8 Å². The van der Waals surface area contributed by atoms with Gasteiger partial charge in [-0.3, -0.25) is 9.59 Å². The number of nitrogens with zero attached hydrogens (tertiary/aromatic N) is 2. The summed E-state index contributed by atoms with van der Waals surface area (Å²) in [5.41, 5.74) is -0.105. The SMILES string of the molecule is C#CCOCCC(=O)C(C#N)c1nc2cc(Cl)ccc2c(=O)[nH]1. The molecule has 0 saturated heterocycles. The van der Waals surface area contributed by atoms with Crippen molar-refractivity contribution in [2.24, 2.45) is 0 Å². The lowest BCUT2D eigenvalue weighted by Gasteiger charge is -2.08. The highest BCUT2D eigenvalue weighted by atomic mass is 35.5. The van der Waals surface area contributed by atoms with Crippen LogP contribution in [0, 0.1) is 23.7 Å². The number of ether oxygens (including phenoxy) is 1. The number of carbonyl (C=O) groups is 1. The van der Waals surface area contributed by atoms with Gasteiger partial charge in [0.15, 0.2) is 11.7 Å². The van der Waals surface area contributed by atoms with Crippen LogP contribution < -0.4 is 5.56 Å². The van der Waals surface area contributed by atoms with Crippen molar-refractivity contribution >= 4 is 28.3 Å². The summed E-state index contributed by atoms with van der Waals surface area (Å²) in [5.74, 6) is 0.685. The van der Waals surface area contributed by atoms with Crippen molar-refractivity contribution < 1.29 is 9.53 Å². The van der Waals surface area contributed by atoms with Crippen LogP contribution in [0.2, 0.25) is 5.02 Å². The Balaban J connectivity index is 2.30. The fraction of sp³-hybridized carbons (Fsp3) is 0.250. The van der Waals surface area contributed by atoms with Crippen LogP contribution in [-0.2, 0) is 9.53 Å². The van der Waals surface area contributed by atoms with E-state index in [2.05, 4.69) is 15.9 Å². The zero-order valence-corrected chi connectivity index (χ0v) is 12.8. The second kappa shape index (κ2) is 7.55. The summed E-state index contributed by atoms with van der Waals surface area (Å²) < 4.78 is 5.02. The van der Waals surface area contributed by atoms with Gasteiger partial charge in [0.25, 0.3) is 5.56 Å². The quantitative estimate of drug-likeness (QED) is 0.644. The third kappa shape index (κ3) is 3.95. The minimum absolute atomic E-state index is 0.00278. The average molecular weight is 330 g/mol. The van der Waals surface area contributed by atoms with Crippen LogP contribution in [0.4, 0.5) is 0 Å². The van der Waals surface area contributed by atoms with Gasteiger partial charge < -0.3 is 9.72 Å². The smallest absolute Gasteiger partial charge is 0.258 e. The molecule has 0 spiro atoms. The van der Waals surface area contributed by atoms with E-state index in [9.17, 15) is 14.9 Å². The summed E-state index contributed by atoms with van der Waals surface area (Å²) in [6, 6.07) is 6.46. The first-order valence-corrected chi connectivity index (χ1v) is 7.07. The number of benzene rings is 1. The molecule has 0 amide bonds. The van der Waals surface area contributed by atoms with E-state index in [0.717, 1.165) is 0 Å². The van der Waals surface area contributed by atoms with Crippen molar-refractivity contribution in [1.29, 1.82) is 5.26 Å². The molecule has 0 fully saturated rings. The molecular weight excluding hydrogens is 318 g/mol. The number of carbonyl (C=O) groups excluding carboxylic acids is 1. The predicted octanol–water partition coefficient (Wildman–Crippen LogP) is 1.79. The van der Waals surface area contributed by atoms with Crippen molar-refractivity contribution in [1.82, 2.24) is 9.97 Å².